The van der Waals surface area contributed by atoms with Gasteiger partial charge in [-0.1, -0.05) is 0 Å². The van der Waals surface area contributed by atoms with E-state index < -0.39 is 54.9 Å². The number of alkyl halides is 2. The zero-order valence-electron chi connectivity index (χ0n) is 18.0. The summed E-state index contributed by atoms with van der Waals surface area (Å²) in [4.78, 5) is 13.2. The van der Waals surface area contributed by atoms with Gasteiger partial charge in [0, 0.05) is 10.8 Å². The van der Waals surface area contributed by atoms with Crippen LogP contribution in [0.3, 0.4) is 0 Å². The Kier molecular flexibility index (Phi) is 5.05. The Balaban J connectivity index is 2.01. The van der Waals surface area contributed by atoms with Crippen LogP contribution in [0.25, 0.3) is 0 Å². The molecule has 0 radical (unpaired) electrons. The van der Waals surface area contributed by atoms with Crippen molar-refractivity contribution in [3.63, 3.8) is 0 Å². The maximum atomic E-state index is 14.0. The predicted molar refractivity (Wildman–Crippen MR) is 103 cm³/mol. The second-order valence-corrected chi connectivity index (χ2v) is 12.5. The number of hydrogen-bond acceptors (Lipinski definition) is 6. The molecule has 0 aromatic heterocycles. The van der Waals surface area contributed by atoms with Crippen LogP contribution in [0.15, 0.2) is 0 Å². The number of aliphatic hydroxyl groups is 2. The van der Waals surface area contributed by atoms with Gasteiger partial charge in [-0.2, -0.15) is 17.2 Å². The van der Waals surface area contributed by atoms with E-state index in [1.54, 1.807) is 27.7 Å². The summed E-state index contributed by atoms with van der Waals surface area (Å²) in [7, 11) is -5.76. The largest absolute Gasteiger partial charge is 0.454 e. The summed E-state index contributed by atoms with van der Waals surface area (Å²) in [5.74, 6) is -0.978. The molecule has 0 aliphatic heterocycles. The summed E-state index contributed by atoms with van der Waals surface area (Å²) in [6, 6.07) is 0. The quantitative estimate of drug-likeness (QED) is 0.417. The van der Waals surface area contributed by atoms with E-state index in [0.717, 1.165) is 6.92 Å². The topological polar surface area (TPSA) is 121 Å². The third-order valence-electron chi connectivity index (χ3n) is 8.20. The summed E-state index contributed by atoms with van der Waals surface area (Å²) < 4.78 is 63.8. The van der Waals surface area contributed by atoms with Gasteiger partial charge < -0.3 is 14.9 Å². The first-order valence-corrected chi connectivity index (χ1v) is 11.7. The Labute approximate surface area is 175 Å². The van der Waals surface area contributed by atoms with E-state index >= 15 is 0 Å². The minimum absolute atomic E-state index is 0.0101. The van der Waals surface area contributed by atoms with Crippen molar-refractivity contribution in [2.75, 3.05) is 0 Å². The van der Waals surface area contributed by atoms with E-state index in [0.29, 0.717) is 25.7 Å². The van der Waals surface area contributed by atoms with Crippen molar-refractivity contribution in [3.8, 4) is 0 Å². The summed E-state index contributed by atoms with van der Waals surface area (Å²) in [6.07, 6.45) is 0.201. The fraction of sp³-hybridized carbons (Fsp3) is 0.950. The molecule has 4 bridgehead atoms. The smallest absolute Gasteiger partial charge is 0.405 e. The van der Waals surface area contributed by atoms with E-state index in [1.165, 1.54) is 0 Å². The van der Waals surface area contributed by atoms with Crippen molar-refractivity contribution in [1.29, 1.82) is 0 Å². The minimum atomic E-state index is -5.76. The van der Waals surface area contributed by atoms with E-state index in [4.69, 9.17) is 9.29 Å². The number of halogens is 2. The zero-order chi connectivity index (χ0) is 23.2. The van der Waals surface area contributed by atoms with Crippen molar-refractivity contribution in [2.45, 2.75) is 95.7 Å². The maximum absolute atomic E-state index is 14.0. The molecular formula is C20H32F2O7S. The molecule has 3 atom stereocenters. The second kappa shape index (κ2) is 6.36. The summed E-state index contributed by atoms with van der Waals surface area (Å²) in [5.41, 5.74) is -5.00. The van der Waals surface area contributed by atoms with Gasteiger partial charge in [-0.15, -0.1) is 0 Å². The molecule has 7 nitrogen and oxygen atoms in total. The Morgan fingerprint density at radius 3 is 1.80 bits per heavy atom. The van der Waals surface area contributed by atoms with Gasteiger partial charge in [0.1, 0.15) is 0 Å². The molecule has 0 spiro atoms. The molecule has 3 N–H and O–H groups in total. The van der Waals surface area contributed by atoms with E-state index in [-0.39, 0.29) is 18.8 Å². The van der Waals surface area contributed by atoms with Crippen molar-refractivity contribution < 1.29 is 41.5 Å². The SMILES string of the molecule is CC(OC(=O)C12CC3CC(C(C)(C)O)(C1)CC(C(C)(C)O)(C3)C2)C(F)(F)S(=O)(=O)O. The average molecular weight is 455 g/mol. The molecule has 0 saturated heterocycles. The highest BCUT2D eigenvalue weighted by Crippen LogP contribution is 2.74. The van der Waals surface area contributed by atoms with Crippen LogP contribution < -0.4 is 0 Å². The fourth-order valence-corrected chi connectivity index (χ4v) is 7.06. The number of carbonyl (C=O) groups is 1. The third kappa shape index (κ3) is 3.29. The van der Waals surface area contributed by atoms with Crippen LogP contribution in [0.4, 0.5) is 8.78 Å². The van der Waals surface area contributed by atoms with Gasteiger partial charge in [0.05, 0.1) is 16.6 Å². The van der Waals surface area contributed by atoms with Crippen LogP contribution in [-0.4, -0.2) is 51.7 Å². The third-order valence-corrected chi connectivity index (χ3v) is 9.22. The first kappa shape index (κ1) is 23.8. The molecule has 0 heterocycles. The zero-order valence-corrected chi connectivity index (χ0v) is 18.9. The van der Waals surface area contributed by atoms with Gasteiger partial charge in [-0.05, 0) is 79.1 Å². The van der Waals surface area contributed by atoms with Gasteiger partial charge in [0.15, 0.2) is 6.10 Å². The van der Waals surface area contributed by atoms with Crippen molar-refractivity contribution >= 4 is 16.1 Å². The Hall–Kier alpha value is -0.840. The molecule has 10 heteroatoms. The maximum Gasteiger partial charge on any atom is 0.405 e. The molecule has 4 aliphatic carbocycles. The van der Waals surface area contributed by atoms with Crippen LogP contribution >= 0.6 is 0 Å². The normalized spacial score (nSPS) is 37.9. The molecule has 0 amide bonds. The summed E-state index contributed by atoms with van der Waals surface area (Å²) in [6.45, 7) is 7.36. The predicted octanol–water partition coefficient (Wildman–Crippen LogP) is 2.90. The molecular weight excluding hydrogens is 422 g/mol. The van der Waals surface area contributed by atoms with Gasteiger partial charge in [-0.3, -0.25) is 9.35 Å². The lowest BCUT2D eigenvalue weighted by Gasteiger charge is -2.70. The molecule has 0 aromatic rings. The van der Waals surface area contributed by atoms with Gasteiger partial charge >= 0.3 is 21.3 Å². The molecule has 4 saturated carbocycles. The Morgan fingerprint density at radius 2 is 1.43 bits per heavy atom. The van der Waals surface area contributed by atoms with Gasteiger partial charge in [0.2, 0.25) is 0 Å². The molecule has 30 heavy (non-hydrogen) atoms. The minimum Gasteiger partial charge on any atom is -0.454 e. The number of hydrogen-bond donors (Lipinski definition) is 3. The van der Waals surface area contributed by atoms with Crippen LogP contribution in [-0.2, 0) is 19.6 Å². The van der Waals surface area contributed by atoms with E-state index in [1.807, 2.05) is 0 Å². The summed E-state index contributed by atoms with van der Waals surface area (Å²) in [5, 5.41) is 17.4. The molecule has 0 aromatic carbocycles. The standard InChI is InChI=1S/C20H32F2O7S/c1-12(20(21,22)30(26,27)28)29-14(23)17-6-13-7-18(9-17,15(2,3)24)11-19(8-13,10-17)16(4,5)25/h12-13,24-25H,6-11H2,1-5H3,(H,26,27,28). The van der Waals surface area contributed by atoms with E-state index in [2.05, 4.69) is 0 Å². The highest BCUT2D eigenvalue weighted by atomic mass is 32.2. The lowest BCUT2D eigenvalue weighted by molar-refractivity contribution is -0.266. The molecule has 4 rings (SSSR count). The first-order valence-electron chi connectivity index (χ1n) is 10.2. The Morgan fingerprint density at radius 1 is 1.00 bits per heavy atom. The number of ether oxygens (including phenoxy) is 1. The first-order chi connectivity index (χ1) is 13.2. The van der Waals surface area contributed by atoms with Crippen LogP contribution in [0, 0.1) is 22.2 Å². The van der Waals surface area contributed by atoms with Crippen LogP contribution in [0.5, 0.6) is 0 Å². The van der Waals surface area contributed by atoms with Crippen LogP contribution in [0.2, 0.25) is 0 Å². The summed E-state index contributed by atoms with van der Waals surface area (Å²) >= 11 is 0. The molecule has 174 valence electrons. The highest BCUT2D eigenvalue weighted by Gasteiger charge is 2.72. The van der Waals surface area contributed by atoms with E-state index in [9.17, 15) is 32.2 Å². The monoisotopic (exact) mass is 454 g/mol. The van der Waals surface area contributed by atoms with Crippen LogP contribution in [0.1, 0.15) is 73.1 Å². The van der Waals surface area contributed by atoms with Gasteiger partial charge in [0.25, 0.3) is 0 Å². The van der Waals surface area contributed by atoms with Crippen molar-refractivity contribution in [1.82, 2.24) is 0 Å². The van der Waals surface area contributed by atoms with Crippen molar-refractivity contribution in [2.24, 2.45) is 22.2 Å². The average Bonchev–Trinajstić information content (AvgIpc) is 2.50. The number of rotatable bonds is 6. The Bertz CT molecular complexity index is 810. The second-order valence-electron chi connectivity index (χ2n) is 11.1. The molecule has 4 fully saturated rings. The lowest BCUT2D eigenvalue weighted by atomic mass is 9.35. The number of esters is 1. The highest BCUT2D eigenvalue weighted by molar-refractivity contribution is 7.86. The molecule has 4 aliphatic rings. The fourth-order valence-electron chi connectivity index (χ4n) is 6.59. The van der Waals surface area contributed by atoms with Crippen molar-refractivity contribution in [3.05, 3.63) is 0 Å². The molecule has 3 unspecified atom stereocenters. The van der Waals surface area contributed by atoms with Gasteiger partial charge in [-0.25, -0.2) is 0 Å². The lowest BCUT2D eigenvalue weighted by Crippen LogP contribution is -2.69. The number of carbonyl (C=O) groups excluding carboxylic acids is 1.